The maximum Gasteiger partial charge on any atom is 0.131 e. The lowest BCUT2D eigenvalue weighted by molar-refractivity contribution is 0.679. The lowest BCUT2D eigenvalue weighted by Crippen LogP contribution is -2.00. The van der Waals surface area contributed by atoms with E-state index in [1.165, 1.54) is 0 Å². The van der Waals surface area contributed by atoms with Crippen molar-refractivity contribution in [1.29, 1.82) is 0 Å². The van der Waals surface area contributed by atoms with E-state index in [4.69, 9.17) is 0 Å². The number of aromatic nitrogens is 2. The zero-order chi connectivity index (χ0) is 11.4. The molecular formula is C14H16N2. The van der Waals surface area contributed by atoms with Crippen molar-refractivity contribution < 1.29 is 0 Å². The molecule has 2 aromatic rings. The molecular weight excluding hydrogens is 196 g/mol. The van der Waals surface area contributed by atoms with Crippen molar-refractivity contribution in [3.63, 3.8) is 0 Å². The summed E-state index contributed by atoms with van der Waals surface area (Å²) in [5.41, 5.74) is 2.15. The van der Waals surface area contributed by atoms with Gasteiger partial charge >= 0.3 is 0 Å². The van der Waals surface area contributed by atoms with Crippen molar-refractivity contribution in [1.82, 2.24) is 9.97 Å². The summed E-state index contributed by atoms with van der Waals surface area (Å²) in [7, 11) is 0. The summed E-state index contributed by atoms with van der Waals surface area (Å²) in [6, 6.07) is 12.2. The highest BCUT2D eigenvalue weighted by Gasteiger charge is 2.07. The minimum atomic E-state index is 0.420. The van der Waals surface area contributed by atoms with Gasteiger partial charge in [-0.05, 0) is 12.5 Å². The predicted molar refractivity (Wildman–Crippen MR) is 66.2 cm³/mol. The van der Waals surface area contributed by atoms with Crippen LogP contribution in [0.4, 0.5) is 0 Å². The molecule has 2 heteroatoms. The van der Waals surface area contributed by atoms with Crippen molar-refractivity contribution in [3.05, 3.63) is 48.4 Å². The van der Waals surface area contributed by atoms with E-state index >= 15 is 0 Å². The molecule has 1 aromatic carbocycles. The zero-order valence-electron chi connectivity index (χ0n) is 9.72. The molecule has 0 bridgehead atoms. The molecule has 0 amide bonds. The number of hydrogen-bond donors (Lipinski definition) is 0. The lowest BCUT2D eigenvalue weighted by Gasteiger charge is -2.08. The maximum absolute atomic E-state index is 4.60. The van der Waals surface area contributed by atoms with Crippen LogP contribution in [0.3, 0.4) is 0 Å². The molecule has 1 aromatic heterocycles. The summed E-state index contributed by atoms with van der Waals surface area (Å²) < 4.78 is 0. The van der Waals surface area contributed by atoms with Gasteiger partial charge in [-0.2, -0.15) is 0 Å². The van der Waals surface area contributed by atoms with Gasteiger partial charge in [0, 0.05) is 17.7 Å². The van der Waals surface area contributed by atoms with Crippen molar-refractivity contribution in [2.24, 2.45) is 0 Å². The van der Waals surface area contributed by atoms with E-state index in [-0.39, 0.29) is 0 Å². The van der Waals surface area contributed by atoms with E-state index in [0.717, 1.165) is 23.5 Å². The van der Waals surface area contributed by atoms with E-state index in [1.54, 1.807) is 0 Å². The van der Waals surface area contributed by atoms with Gasteiger partial charge in [0.15, 0.2) is 0 Å². The predicted octanol–water partition coefficient (Wildman–Crippen LogP) is 3.66. The molecule has 0 spiro atoms. The zero-order valence-corrected chi connectivity index (χ0v) is 9.72. The van der Waals surface area contributed by atoms with Gasteiger partial charge in [0.2, 0.25) is 0 Å². The smallest absolute Gasteiger partial charge is 0.131 e. The molecule has 82 valence electrons. The molecule has 0 radical (unpaired) electrons. The second-order valence-electron chi connectivity index (χ2n) is 3.98. The lowest BCUT2D eigenvalue weighted by atomic mass is 10.1. The summed E-state index contributed by atoms with van der Waals surface area (Å²) in [6.07, 6.45) is 2.91. The Hall–Kier alpha value is -1.70. The molecule has 1 heterocycles. The maximum atomic E-state index is 4.60. The highest BCUT2D eigenvalue weighted by molar-refractivity contribution is 5.58. The van der Waals surface area contributed by atoms with Gasteiger partial charge in [-0.3, -0.25) is 0 Å². The highest BCUT2D eigenvalue weighted by Crippen LogP contribution is 2.19. The molecule has 2 rings (SSSR count). The fraction of sp³-hybridized carbons (Fsp3) is 0.286. The van der Waals surface area contributed by atoms with Crippen LogP contribution in [0, 0.1) is 0 Å². The van der Waals surface area contributed by atoms with Crippen LogP contribution < -0.4 is 0 Å². The molecule has 0 aliphatic carbocycles. The molecule has 16 heavy (non-hydrogen) atoms. The first-order valence-corrected chi connectivity index (χ1v) is 5.69. The van der Waals surface area contributed by atoms with Crippen LogP contribution in [-0.4, -0.2) is 9.97 Å². The average Bonchev–Trinajstić information content (AvgIpc) is 2.39. The molecule has 0 fully saturated rings. The minimum Gasteiger partial charge on any atom is -0.241 e. The number of hydrogen-bond acceptors (Lipinski definition) is 2. The van der Waals surface area contributed by atoms with Crippen LogP contribution in [0.2, 0.25) is 0 Å². The Bertz CT molecular complexity index is 451. The van der Waals surface area contributed by atoms with E-state index < -0.39 is 0 Å². The fourth-order valence-corrected chi connectivity index (χ4v) is 1.56. The van der Waals surface area contributed by atoms with Crippen molar-refractivity contribution >= 4 is 0 Å². The normalized spacial score (nSPS) is 12.4. The number of benzene rings is 1. The first-order chi connectivity index (χ1) is 7.81. The van der Waals surface area contributed by atoms with Crippen molar-refractivity contribution in [3.8, 4) is 11.3 Å². The highest BCUT2D eigenvalue weighted by atomic mass is 14.9. The summed E-state index contributed by atoms with van der Waals surface area (Å²) in [4.78, 5) is 8.93. The van der Waals surface area contributed by atoms with Crippen molar-refractivity contribution in [2.75, 3.05) is 0 Å². The van der Waals surface area contributed by atoms with Gasteiger partial charge in [0.25, 0.3) is 0 Å². The molecule has 1 atom stereocenters. The minimum absolute atomic E-state index is 0.420. The SMILES string of the molecule is CCC(C)c1nccc(-c2ccccc2)n1. The van der Waals surface area contributed by atoms with E-state index in [9.17, 15) is 0 Å². The van der Waals surface area contributed by atoms with Crippen LogP contribution in [0.1, 0.15) is 32.0 Å². The largest absolute Gasteiger partial charge is 0.241 e. The topological polar surface area (TPSA) is 25.8 Å². The molecule has 0 saturated heterocycles. The molecule has 0 aliphatic rings. The van der Waals surface area contributed by atoms with Gasteiger partial charge in [-0.25, -0.2) is 9.97 Å². The van der Waals surface area contributed by atoms with Gasteiger partial charge in [-0.15, -0.1) is 0 Å². The fourth-order valence-electron chi connectivity index (χ4n) is 1.56. The third-order valence-electron chi connectivity index (χ3n) is 2.80. The molecule has 0 aliphatic heterocycles. The molecule has 0 N–H and O–H groups in total. The van der Waals surface area contributed by atoms with Crippen LogP contribution >= 0.6 is 0 Å². The van der Waals surface area contributed by atoms with Crippen molar-refractivity contribution in [2.45, 2.75) is 26.2 Å². The molecule has 2 nitrogen and oxygen atoms in total. The Morgan fingerprint density at radius 2 is 1.88 bits per heavy atom. The number of nitrogens with zero attached hydrogens (tertiary/aromatic N) is 2. The Kier molecular flexibility index (Phi) is 3.30. The summed E-state index contributed by atoms with van der Waals surface area (Å²) >= 11 is 0. The van der Waals surface area contributed by atoms with Gasteiger partial charge in [-0.1, -0.05) is 44.2 Å². The average molecular weight is 212 g/mol. The summed E-state index contributed by atoms with van der Waals surface area (Å²) in [6.45, 7) is 4.31. The summed E-state index contributed by atoms with van der Waals surface area (Å²) in [5, 5.41) is 0. The third-order valence-corrected chi connectivity index (χ3v) is 2.80. The van der Waals surface area contributed by atoms with E-state index in [0.29, 0.717) is 5.92 Å². The quantitative estimate of drug-likeness (QED) is 0.776. The van der Waals surface area contributed by atoms with E-state index in [2.05, 4.69) is 35.9 Å². The van der Waals surface area contributed by atoms with E-state index in [1.807, 2.05) is 30.5 Å². The second kappa shape index (κ2) is 4.88. The Labute approximate surface area is 96.4 Å². The Morgan fingerprint density at radius 3 is 2.56 bits per heavy atom. The summed E-state index contributed by atoms with van der Waals surface area (Å²) in [5.74, 6) is 1.35. The van der Waals surface area contributed by atoms with Crippen LogP contribution in [0.25, 0.3) is 11.3 Å². The third kappa shape index (κ3) is 2.27. The monoisotopic (exact) mass is 212 g/mol. The van der Waals surface area contributed by atoms with Gasteiger partial charge in [0.1, 0.15) is 5.82 Å². The van der Waals surface area contributed by atoms with Gasteiger partial charge in [0.05, 0.1) is 5.69 Å². The second-order valence-corrected chi connectivity index (χ2v) is 3.98. The Morgan fingerprint density at radius 1 is 1.12 bits per heavy atom. The number of rotatable bonds is 3. The first kappa shape index (κ1) is 10.8. The standard InChI is InChI=1S/C14H16N2/c1-3-11(2)14-15-10-9-13(16-14)12-7-5-4-6-8-12/h4-11H,3H2,1-2H3. The van der Waals surface area contributed by atoms with Crippen LogP contribution in [0.15, 0.2) is 42.6 Å². The molecule has 1 unspecified atom stereocenters. The van der Waals surface area contributed by atoms with Crippen LogP contribution in [0.5, 0.6) is 0 Å². The first-order valence-electron chi connectivity index (χ1n) is 5.69. The van der Waals surface area contributed by atoms with Gasteiger partial charge < -0.3 is 0 Å². The molecule has 0 saturated carbocycles. The van der Waals surface area contributed by atoms with Crippen LogP contribution in [-0.2, 0) is 0 Å². The Balaban J connectivity index is 2.36.